The SMILES string of the molecule is CCCCC1[CH2][Al]([CH2]C)/[C]2=C/CCCCCCC21. The van der Waals surface area contributed by atoms with Crippen LogP contribution in [0.15, 0.2) is 10.5 Å². The van der Waals surface area contributed by atoms with Gasteiger partial charge in [0.1, 0.15) is 0 Å². The van der Waals surface area contributed by atoms with Crippen molar-refractivity contribution in [3.05, 3.63) is 10.5 Å². The van der Waals surface area contributed by atoms with Crippen molar-refractivity contribution in [2.24, 2.45) is 11.8 Å². The highest BCUT2D eigenvalue weighted by atomic mass is 27.2. The maximum atomic E-state index is 2.72. The van der Waals surface area contributed by atoms with Gasteiger partial charge in [-0.05, 0) is 31.1 Å². The van der Waals surface area contributed by atoms with Gasteiger partial charge in [0.15, 0.2) is 0 Å². The molecule has 1 aliphatic carbocycles. The van der Waals surface area contributed by atoms with Gasteiger partial charge in [-0.25, -0.2) is 0 Å². The molecule has 0 aromatic carbocycles. The summed E-state index contributed by atoms with van der Waals surface area (Å²) in [4.78, 5) is 0. The zero-order valence-corrected chi connectivity index (χ0v) is 13.7. The molecule has 0 saturated carbocycles. The van der Waals surface area contributed by atoms with Gasteiger partial charge in [-0.15, -0.1) is 10.5 Å². The van der Waals surface area contributed by atoms with E-state index in [1.54, 1.807) is 5.28 Å². The molecule has 1 aliphatic heterocycles. The van der Waals surface area contributed by atoms with Crippen molar-refractivity contribution in [2.45, 2.75) is 82.2 Å². The molecule has 0 N–H and O–H groups in total. The van der Waals surface area contributed by atoms with Gasteiger partial charge in [0.25, 0.3) is 14.1 Å². The topological polar surface area (TPSA) is 0 Å². The summed E-state index contributed by atoms with van der Waals surface area (Å²) in [5.41, 5.74) is 0. The van der Waals surface area contributed by atoms with E-state index >= 15 is 0 Å². The lowest BCUT2D eigenvalue weighted by atomic mass is 9.85. The van der Waals surface area contributed by atoms with Crippen LogP contribution in [0.4, 0.5) is 0 Å². The molecule has 18 heavy (non-hydrogen) atoms. The van der Waals surface area contributed by atoms with E-state index in [-0.39, 0.29) is 0 Å². The van der Waals surface area contributed by atoms with Crippen LogP contribution >= 0.6 is 0 Å². The molecule has 2 aliphatic rings. The normalized spacial score (nSPS) is 32.1. The van der Waals surface area contributed by atoms with E-state index in [1.165, 1.54) is 63.1 Å². The summed E-state index contributed by atoms with van der Waals surface area (Å²) in [5.74, 6) is 2.12. The van der Waals surface area contributed by atoms with Crippen molar-refractivity contribution in [1.29, 1.82) is 0 Å². The Kier molecular flexibility index (Phi) is 6.33. The lowest BCUT2D eigenvalue weighted by molar-refractivity contribution is 0.369. The summed E-state index contributed by atoms with van der Waals surface area (Å²) in [6.45, 7) is 4.81. The van der Waals surface area contributed by atoms with Crippen molar-refractivity contribution >= 4 is 14.1 Å². The highest BCUT2D eigenvalue weighted by Crippen LogP contribution is 2.44. The molecule has 2 atom stereocenters. The van der Waals surface area contributed by atoms with Gasteiger partial charge in [-0.3, -0.25) is 0 Å². The van der Waals surface area contributed by atoms with Gasteiger partial charge in [0.05, 0.1) is 0 Å². The first-order valence-electron chi connectivity index (χ1n) is 8.56. The number of fused-ring (bicyclic) bond motifs is 1. The molecule has 0 spiro atoms. The molecule has 1 fully saturated rings. The smallest absolute Gasteiger partial charge is 0.131 e. The largest absolute Gasteiger partial charge is 0.299 e. The molecular weight excluding hydrogens is 231 g/mol. The van der Waals surface area contributed by atoms with Crippen LogP contribution in [0.2, 0.25) is 10.6 Å². The number of unbranched alkanes of at least 4 members (excludes halogenated alkanes) is 1. The molecule has 0 amide bonds. The van der Waals surface area contributed by atoms with E-state index in [9.17, 15) is 0 Å². The van der Waals surface area contributed by atoms with Crippen molar-refractivity contribution in [2.75, 3.05) is 0 Å². The lowest BCUT2D eigenvalue weighted by Gasteiger charge is -2.22. The van der Waals surface area contributed by atoms with Gasteiger partial charge in [0, 0.05) is 0 Å². The highest BCUT2D eigenvalue weighted by Gasteiger charge is 2.39. The fourth-order valence-corrected chi connectivity index (χ4v) is 8.20. The Morgan fingerprint density at radius 1 is 1.17 bits per heavy atom. The minimum atomic E-state index is -0.508. The summed E-state index contributed by atoms with van der Waals surface area (Å²) < 4.78 is 2.03. The number of hydrogen-bond acceptors (Lipinski definition) is 0. The second kappa shape index (κ2) is 7.76. The van der Waals surface area contributed by atoms with E-state index in [4.69, 9.17) is 0 Å². The minimum absolute atomic E-state index is 0.508. The zero-order valence-electron chi connectivity index (χ0n) is 12.6. The second-order valence-corrected chi connectivity index (χ2v) is 9.89. The third-order valence-electron chi connectivity index (χ3n) is 5.33. The van der Waals surface area contributed by atoms with Crippen LogP contribution in [0.25, 0.3) is 0 Å². The molecule has 0 bridgehead atoms. The summed E-state index contributed by atoms with van der Waals surface area (Å²) in [6.07, 6.45) is 16.0. The Balaban J connectivity index is 2.07. The van der Waals surface area contributed by atoms with E-state index in [1.807, 2.05) is 4.44 Å². The monoisotopic (exact) mass is 262 g/mol. The fourth-order valence-electron chi connectivity index (χ4n) is 4.28. The average Bonchev–Trinajstić information content (AvgIpc) is 2.77. The van der Waals surface area contributed by atoms with Crippen LogP contribution in [0, 0.1) is 11.8 Å². The Labute approximate surface area is 119 Å². The first kappa shape index (κ1) is 14.7. The van der Waals surface area contributed by atoms with Gasteiger partial charge < -0.3 is 0 Å². The summed E-state index contributed by atoms with van der Waals surface area (Å²) in [7, 11) is 0. The molecule has 1 heterocycles. The lowest BCUT2D eigenvalue weighted by Crippen LogP contribution is -2.12. The molecule has 0 aromatic rings. The van der Waals surface area contributed by atoms with Gasteiger partial charge >= 0.3 is 0 Å². The first-order valence-corrected chi connectivity index (χ1v) is 10.8. The second-order valence-electron chi connectivity index (χ2n) is 6.55. The highest BCUT2D eigenvalue weighted by molar-refractivity contribution is 6.67. The van der Waals surface area contributed by atoms with E-state index < -0.39 is 14.1 Å². The van der Waals surface area contributed by atoms with Gasteiger partial charge in [-0.1, -0.05) is 62.9 Å². The maximum absolute atomic E-state index is 2.72. The number of allylic oxidation sites excluding steroid dienone is 2. The number of rotatable bonds is 4. The first-order chi connectivity index (χ1) is 8.86. The molecule has 0 radical (unpaired) electrons. The van der Waals surface area contributed by atoms with Crippen LogP contribution in [0.5, 0.6) is 0 Å². The van der Waals surface area contributed by atoms with E-state index in [0.717, 1.165) is 11.8 Å². The van der Waals surface area contributed by atoms with Crippen LogP contribution in [-0.4, -0.2) is 14.1 Å². The summed E-state index contributed by atoms with van der Waals surface area (Å²) in [5, 5.41) is 3.16. The fraction of sp³-hybridized carbons (Fsp3) is 0.882. The standard InChI is InChI=1S/C15H26.C2H5.Al/c1-3-4-11-14(2)15-12-9-7-5-6-8-10-13-15;1-2;/h9,14-15H,2-8,10-11,13H2,1H3;1H2,2H3;. The van der Waals surface area contributed by atoms with Crippen molar-refractivity contribution in [1.82, 2.24) is 0 Å². The zero-order chi connectivity index (χ0) is 12.8. The molecule has 2 unspecified atom stereocenters. The quantitative estimate of drug-likeness (QED) is 0.565. The molecule has 0 nitrogen and oxygen atoms in total. The van der Waals surface area contributed by atoms with Crippen molar-refractivity contribution < 1.29 is 0 Å². The summed E-state index contributed by atoms with van der Waals surface area (Å²) >= 11 is -0.508. The molecule has 102 valence electrons. The van der Waals surface area contributed by atoms with Gasteiger partial charge in [-0.2, -0.15) is 0 Å². The maximum Gasteiger partial charge on any atom is 0.299 e. The van der Waals surface area contributed by atoms with Crippen molar-refractivity contribution in [3.8, 4) is 0 Å². The Morgan fingerprint density at radius 3 is 2.78 bits per heavy atom. The van der Waals surface area contributed by atoms with E-state index in [2.05, 4.69) is 19.9 Å². The predicted molar refractivity (Wildman–Crippen MR) is 83.3 cm³/mol. The van der Waals surface area contributed by atoms with Crippen LogP contribution in [0.3, 0.4) is 0 Å². The molecule has 0 aromatic heterocycles. The number of hydrogen-bond donors (Lipinski definition) is 0. The Morgan fingerprint density at radius 2 is 2.00 bits per heavy atom. The molecule has 1 saturated heterocycles. The van der Waals surface area contributed by atoms with E-state index in [0.29, 0.717) is 0 Å². The van der Waals surface area contributed by atoms with Gasteiger partial charge in [0.2, 0.25) is 0 Å². The molecule has 1 heteroatoms. The third-order valence-corrected chi connectivity index (χ3v) is 9.09. The average molecular weight is 262 g/mol. The molecule has 2 rings (SSSR count). The third kappa shape index (κ3) is 3.64. The van der Waals surface area contributed by atoms with Crippen LogP contribution < -0.4 is 0 Å². The van der Waals surface area contributed by atoms with Crippen LogP contribution in [-0.2, 0) is 0 Å². The summed E-state index contributed by atoms with van der Waals surface area (Å²) in [6, 6.07) is 0. The molecular formula is C17H31Al. The Bertz CT molecular complexity index is 269. The van der Waals surface area contributed by atoms with Crippen molar-refractivity contribution in [3.63, 3.8) is 0 Å². The minimum Gasteiger partial charge on any atom is -0.131 e. The Hall–Kier alpha value is 0.272. The predicted octanol–water partition coefficient (Wildman–Crippen LogP) is 5.76. The van der Waals surface area contributed by atoms with Crippen LogP contribution in [0.1, 0.15) is 71.6 Å².